The normalized spacial score (nSPS) is 13.4. The van der Waals surface area contributed by atoms with E-state index < -0.39 is 0 Å². The Kier molecular flexibility index (Phi) is 7.93. The minimum absolute atomic E-state index is 0.130. The van der Waals surface area contributed by atoms with Crippen LogP contribution >= 0.6 is 0 Å². The zero-order valence-electron chi connectivity index (χ0n) is 19.3. The standard InChI is InChI=1S/C23H27N3O2.C2H6/c1-15-12-17(3)19(13-16(15)2)24-22(27)14-18(4)26-21-8-6-7-11-25(5)20(21)9-10-23(26)28;1-2/h8-10,12-14H,6-7,11H2,1-5H3;1-2H3/p+1/b18-14+;. The number of aromatic nitrogens is 1. The van der Waals surface area contributed by atoms with Gasteiger partial charge in [-0.25, -0.2) is 4.58 Å². The molecule has 1 aliphatic heterocycles. The van der Waals surface area contributed by atoms with Crippen molar-refractivity contribution >= 4 is 23.4 Å². The Labute approximate surface area is 179 Å². The lowest BCUT2D eigenvalue weighted by Gasteiger charge is -2.11. The fraction of sp³-hybridized carbons (Fsp3) is 0.400. The van der Waals surface area contributed by atoms with Crippen LogP contribution in [-0.2, 0) is 4.79 Å². The van der Waals surface area contributed by atoms with E-state index in [1.807, 2.05) is 46.9 Å². The molecule has 0 spiro atoms. The second-order valence-electron chi connectivity index (χ2n) is 7.57. The van der Waals surface area contributed by atoms with Crippen molar-refractivity contribution in [1.82, 2.24) is 9.14 Å². The molecule has 3 rings (SSSR count). The highest BCUT2D eigenvalue weighted by atomic mass is 16.1. The van der Waals surface area contributed by atoms with Gasteiger partial charge < -0.3 is 5.32 Å². The summed E-state index contributed by atoms with van der Waals surface area (Å²) in [5.41, 5.74) is 4.61. The number of hydrogen-bond acceptors (Lipinski definition) is 2. The number of fused-ring (bicyclic) bond motifs is 1. The zero-order chi connectivity index (χ0) is 22.4. The number of pyridine rings is 1. The van der Waals surface area contributed by atoms with Gasteiger partial charge in [-0.1, -0.05) is 26.0 Å². The molecule has 1 N–H and O–H groups in total. The van der Waals surface area contributed by atoms with Crippen LogP contribution in [0, 0.1) is 20.8 Å². The van der Waals surface area contributed by atoms with Crippen molar-refractivity contribution in [3.05, 3.63) is 68.1 Å². The molecule has 30 heavy (non-hydrogen) atoms. The van der Waals surface area contributed by atoms with Crippen LogP contribution in [0.25, 0.3) is 11.8 Å². The van der Waals surface area contributed by atoms with Gasteiger partial charge in [0.1, 0.15) is 18.9 Å². The van der Waals surface area contributed by atoms with Gasteiger partial charge in [0.2, 0.25) is 11.3 Å². The molecular formula is C25H34N3O2+. The largest absolute Gasteiger partial charge is 0.322 e. The molecule has 0 atom stereocenters. The molecule has 0 bridgehead atoms. The molecule has 1 aromatic carbocycles. The predicted molar refractivity (Wildman–Crippen MR) is 126 cm³/mol. The Balaban J connectivity index is 0.00000155. The maximum absolute atomic E-state index is 12.6. The molecule has 0 radical (unpaired) electrons. The van der Waals surface area contributed by atoms with E-state index in [1.165, 1.54) is 11.6 Å². The van der Waals surface area contributed by atoms with E-state index in [2.05, 4.69) is 29.0 Å². The number of benzene rings is 1. The van der Waals surface area contributed by atoms with Crippen LogP contribution in [0.2, 0.25) is 0 Å². The number of hydrogen-bond donors (Lipinski definition) is 1. The van der Waals surface area contributed by atoms with Crippen LogP contribution < -0.4 is 26.2 Å². The number of nitrogens with one attached hydrogen (secondary N) is 1. The number of anilines is 1. The summed E-state index contributed by atoms with van der Waals surface area (Å²) >= 11 is 0. The van der Waals surface area contributed by atoms with E-state index in [1.54, 1.807) is 17.6 Å². The summed E-state index contributed by atoms with van der Waals surface area (Å²) in [5.74, 6) is -0.240. The molecular weight excluding hydrogens is 374 g/mol. The van der Waals surface area contributed by atoms with E-state index in [0.717, 1.165) is 46.9 Å². The van der Waals surface area contributed by atoms with Gasteiger partial charge in [-0.15, -0.1) is 0 Å². The highest BCUT2D eigenvalue weighted by molar-refractivity contribution is 6.02. The first-order valence-electron chi connectivity index (χ1n) is 10.7. The fourth-order valence-corrected chi connectivity index (χ4v) is 3.63. The first kappa shape index (κ1) is 23.3. The third kappa shape index (κ3) is 5.15. The molecule has 0 fully saturated rings. The number of rotatable bonds is 3. The SMILES string of the molecule is C/C(=C\C(=O)Nc1cc(C)c(C)cc1C)n1c(=O)ccc2c1=CCCC[N+]=2C.CC. The van der Waals surface area contributed by atoms with Crippen molar-refractivity contribution in [3.8, 4) is 0 Å². The molecule has 1 aliphatic rings. The molecule has 0 unspecified atom stereocenters. The number of nitrogens with zero attached hydrogens (tertiary/aromatic N) is 2. The molecule has 160 valence electrons. The monoisotopic (exact) mass is 408 g/mol. The fourth-order valence-electron chi connectivity index (χ4n) is 3.63. The summed E-state index contributed by atoms with van der Waals surface area (Å²) in [4.78, 5) is 25.2. The molecule has 5 heteroatoms. The van der Waals surface area contributed by atoms with E-state index >= 15 is 0 Å². The van der Waals surface area contributed by atoms with E-state index in [-0.39, 0.29) is 11.5 Å². The quantitative estimate of drug-likeness (QED) is 0.627. The Morgan fingerprint density at radius 1 is 1.10 bits per heavy atom. The number of allylic oxidation sites excluding steroid dienone is 1. The van der Waals surface area contributed by atoms with Crippen LogP contribution in [0.15, 0.2) is 35.1 Å². The lowest BCUT2D eigenvalue weighted by molar-refractivity contribution is -0.111. The van der Waals surface area contributed by atoms with Crippen molar-refractivity contribution in [2.24, 2.45) is 0 Å². The Morgan fingerprint density at radius 2 is 1.77 bits per heavy atom. The van der Waals surface area contributed by atoms with Crippen LogP contribution in [0.1, 0.15) is 50.3 Å². The number of aryl methyl sites for hydroxylation is 3. The summed E-state index contributed by atoms with van der Waals surface area (Å²) in [6.07, 6.45) is 5.52. The summed E-state index contributed by atoms with van der Waals surface area (Å²) in [6, 6.07) is 7.47. The molecule has 1 amide bonds. The summed E-state index contributed by atoms with van der Waals surface area (Å²) in [6.45, 7) is 12.8. The molecule has 1 aromatic heterocycles. The topological polar surface area (TPSA) is 54.1 Å². The molecule has 5 nitrogen and oxygen atoms in total. The summed E-state index contributed by atoms with van der Waals surface area (Å²) < 4.78 is 3.78. The molecule has 0 aliphatic carbocycles. The van der Waals surface area contributed by atoms with E-state index in [9.17, 15) is 9.59 Å². The Bertz CT molecular complexity index is 1150. The predicted octanol–water partition coefficient (Wildman–Crippen LogP) is 2.99. The number of carbonyl (C=O) groups is 1. The van der Waals surface area contributed by atoms with E-state index in [4.69, 9.17) is 0 Å². The minimum atomic E-state index is -0.240. The van der Waals surface area contributed by atoms with Gasteiger partial charge >= 0.3 is 0 Å². The average Bonchev–Trinajstić information content (AvgIpc) is 2.88. The number of carbonyl (C=O) groups excluding carboxylic acids is 1. The average molecular weight is 409 g/mol. The summed E-state index contributed by atoms with van der Waals surface area (Å²) in [7, 11) is 2.03. The van der Waals surface area contributed by atoms with Gasteiger partial charge in [0.05, 0.1) is 0 Å². The zero-order valence-corrected chi connectivity index (χ0v) is 19.3. The van der Waals surface area contributed by atoms with Crippen molar-refractivity contribution < 1.29 is 4.79 Å². The third-order valence-corrected chi connectivity index (χ3v) is 5.35. The molecule has 0 saturated carbocycles. The Morgan fingerprint density at radius 3 is 2.47 bits per heavy atom. The van der Waals surface area contributed by atoms with Crippen molar-refractivity contribution in [3.63, 3.8) is 0 Å². The lowest BCUT2D eigenvalue weighted by Crippen LogP contribution is -2.47. The van der Waals surface area contributed by atoms with Gasteiger partial charge in [0.25, 0.3) is 5.56 Å². The highest BCUT2D eigenvalue weighted by Crippen LogP contribution is 2.20. The van der Waals surface area contributed by atoms with Gasteiger partial charge in [-0.2, -0.15) is 0 Å². The van der Waals surface area contributed by atoms with Crippen molar-refractivity contribution in [2.45, 2.75) is 54.4 Å². The van der Waals surface area contributed by atoms with Gasteiger partial charge in [0.15, 0.2) is 0 Å². The maximum atomic E-state index is 12.6. The molecule has 0 saturated heterocycles. The second-order valence-corrected chi connectivity index (χ2v) is 7.57. The smallest absolute Gasteiger partial charge is 0.255 e. The van der Waals surface area contributed by atoms with Gasteiger partial charge in [-0.05, 0) is 56.9 Å². The Hall–Kier alpha value is -2.95. The van der Waals surface area contributed by atoms with Crippen LogP contribution in [0.3, 0.4) is 0 Å². The van der Waals surface area contributed by atoms with Gasteiger partial charge in [-0.3, -0.25) is 14.2 Å². The van der Waals surface area contributed by atoms with Crippen molar-refractivity contribution in [1.29, 1.82) is 0 Å². The second kappa shape index (κ2) is 10.2. The lowest BCUT2D eigenvalue weighted by atomic mass is 10.0. The first-order valence-corrected chi connectivity index (χ1v) is 10.7. The maximum Gasteiger partial charge on any atom is 0.255 e. The highest BCUT2D eigenvalue weighted by Gasteiger charge is 2.12. The first-order chi connectivity index (χ1) is 14.3. The third-order valence-electron chi connectivity index (χ3n) is 5.35. The van der Waals surface area contributed by atoms with Crippen LogP contribution in [0.4, 0.5) is 5.69 Å². The van der Waals surface area contributed by atoms with E-state index in [0.29, 0.717) is 5.70 Å². The minimum Gasteiger partial charge on any atom is -0.322 e. The van der Waals surface area contributed by atoms with Gasteiger partial charge in [0, 0.05) is 36.0 Å². The molecule has 2 aromatic rings. The number of amides is 1. The molecule has 2 heterocycles. The van der Waals surface area contributed by atoms with Crippen LogP contribution in [0.5, 0.6) is 0 Å². The van der Waals surface area contributed by atoms with Crippen molar-refractivity contribution in [2.75, 3.05) is 18.9 Å². The van der Waals surface area contributed by atoms with Crippen LogP contribution in [-0.4, -0.2) is 24.1 Å². The summed E-state index contributed by atoms with van der Waals surface area (Å²) in [5, 5.41) is 4.82.